The van der Waals surface area contributed by atoms with Crippen molar-refractivity contribution in [2.45, 2.75) is 31.0 Å². The summed E-state index contributed by atoms with van der Waals surface area (Å²) in [5.74, 6) is -0.406. The van der Waals surface area contributed by atoms with Crippen molar-refractivity contribution in [3.8, 4) is 0 Å². The molecule has 0 aliphatic rings. The van der Waals surface area contributed by atoms with E-state index in [-0.39, 0.29) is 18.1 Å². The summed E-state index contributed by atoms with van der Waals surface area (Å²) in [6, 6.07) is 6.69. The van der Waals surface area contributed by atoms with E-state index in [1.807, 2.05) is 6.07 Å². The minimum Gasteiger partial charge on any atom is -0.387 e. The van der Waals surface area contributed by atoms with Crippen LogP contribution in [0.2, 0.25) is 0 Å². The number of aliphatic hydroxyl groups is 1. The second-order valence-electron chi connectivity index (χ2n) is 7.35. The van der Waals surface area contributed by atoms with Crippen LogP contribution in [0.25, 0.3) is 11.0 Å². The summed E-state index contributed by atoms with van der Waals surface area (Å²) in [7, 11) is -0.744. The molecule has 3 heterocycles. The zero-order valence-corrected chi connectivity index (χ0v) is 18.5. The van der Waals surface area contributed by atoms with Crippen LogP contribution in [-0.2, 0) is 23.0 Å². The first-order chi connectivity index (χ1) is 14.7. The molecule has 0 aliphatic heterocycles. The number of aliphatic hydroxyl groups excluding tert-OH is 1. The van der Waals surface area contributed by atoms with Crippen LogP contribution in [0.1, 0.15) is 29.8 Å². The average molecular weight is 448 g/mol. The smallest absolute Gasteiger partial charge is 0.260 e. The van der Waals surface area contributed by atoms with Crippen molar-refractivity contribution in [1.29, 1.82) is 0 Å². The molecule has 0 amide bonds. The molecule has 3 rings (SSSR count). The molecule has 0 fully saturated rings. The third-order valence-corrected chi connectivity index (χ3v) is 6.66. The highest BCUT2D eigenvalue weighted by Gasteiger charge is 2.23. The van der Waals surface area contributed by atoms with Crippen LogP contribution in [0.15, 0.2) is 53.6 Å². The largest absolute Gasteiger partial charge is 0.387 e. The van der Waals surface area contributed by atoms with Crippen molar-refractivity contribution >= 4 is 21.1 Å². The van der Waals surface area contributed by atoms with E-state index >= 15 is 0 Å². The van der Waals surface area contributed by atoms with Gasteiger partial charge in [0.25, 0.3) is 10.0 Å². The van der Waals surface area contributed by atoms with Crippen LogP contribution in [0.4, 0.5) is 4.39 Å². The Kier molecular flexibility index (Phi) is 6.85. The maximum atomic E-state index is 14.3. The summed E-state index contributed by atoms with van der Waals surface area (Å²) < 4.78 is 41.6. The molecule has 0 saturated carbocycles. The Morgan fingerprint density at radius 2 is 2.06 bits per heavy atom. The van der Waals surface area contributed by atoms with Crippen molar-refractivity contribution in [1.82, 2.24) is 18.8 Å². The second-order valence-corrected chi connectivity index (χ2v) is 9.45. The summed E-state index contributed by atoms with van der Waals surface area (Å²) in [6.07, 6.45) is 3.89. The number of nitrogens with zero attached hydrogens (tertiary/aromatic N) is 4. The lowest BCUT2D eigenvalue weighted by Gasteiger charge is -2.14. The van der Waals surface area contributed by atoms with E-state index < -0.39 is 22.0 Å². The van der Waals surface area contributed by atoms with E-state index in [0.29, 0.717) is 23.1 Å². The van der Waals surface area contributed by atoms with Gasteiger partial charge < -0.3 is 15.4 Å². The van der Waals surface area contributed by atoms with Gasteiger partial charge >= 0.3 is 0 Å². The average Bonchev–Trinajstić information content (AvgIpc) is 3.02. The molecule has 0 spiro atoms. The normalized spacial score (nSPS) is 13.8. The third kappa shape index (κ3) is 4.67. The number of pyridine rings is 2. The maximum absolute atomic E-state index is 14.3. The number of hydrogen-bond acceptors (Lipinski definition) is 6. The number of fused-ring (bicyclic) bond motifs is 1. The molecule has 0 aliphatic carbocycles. The van der Waals surface area contributed by atoms with Gasteiger partial charge in [0, 0.05) is 45.0 Å². The Hall–Kier alpha value is -2.66. The van der Waals surface area contributed by atoms with Crippen molar-refractivity contribution in [2.75, 3.05) is 20.6 Å². The zero-order valence-electron chi connectivity index (χ0n) is 17.7. The fourth-order valence-electron chi connectivity index (χ4n) is 3.49. The maximum Gasteiger partial charge on any atom is 0.260 e. The predicted octanol–water partition coefficient (Wildman–Crippen LogP) is 2.14. The van der Waals surface area contributed by atoms with Crippen LogP contribution in [-0.4, -0.2) is 53.0 Å². The summed E-state index contributed by atoms with van der Waals surface area (Å²) in [5, 5.41) is 10.5. The fourth-order valence-corrected chi connectivity index (χ4v) is 4.29. The van der Waals surface area contributed by atoms with Gasteiger partial charge in [-0.05, 0) is 36.8 Å². The van der Waals surface area contributed by atoms with E-state index in [9.17, 15) is 17.9 Å². The van der Waals surface area contributed by atoms with Crippen molar-refractivity contribution < 1.29 is 17.9 Å². The molecule has 0 radical (unpaired) electrons. The molecule has 166 valence electrons. The number of rotatable bonds is 8. The Balaban J connectivity index is 2.08. The third-order valence-electron chi connectivity index (χ3n) is 4.93. The topological polar surface area (TPSA) is 114 Å². The summed E-state index contributed by atoms with van der Waals surface area (Å²) in [5.41, 5.74) is 8.77. The molecule has 0 aromatic carbocycles. The zero-order chi connectivity index (χ0) is 22.8. The first kappa shape index (κ1) is 23.0. The van der Waals surface area contributed by atoms with Crippen molar-refractivity contribution in [3.05, 3.63) is 65.4 Å². The second kappa shape index (κ2) is 9.23. The highest BCUT2D eigenvalue weighted by Crippen LogP contribution is 2.32. The summed E-state index contributed by atoms with van der Waals surface area (Å²) >= 11 is 0. The highest BCUT2D eigenvalue weighted by atomic mass is 32.2. The summed E-state index contributed by atoms with van der Waals surface area (Å²) in [4.78, 5) is 8.55. The molecular formula is C21H26FN5O3S. The molecule has 31 heavy (non-hydrogen) atoms. The first-order valence-electron chi connectivity index (χ1n) is 9.73. The Bertz CT molecular complexity index is 1200. The van der Waals surface area contributed by atoms with E-state index in [1.165, 1.54) is 32.4 Å². The predicted molar refractivity (Wildman–Crippen MR) is 117 cm³/mol. The quantitative estimate of drug-likeness (QED) is 0.547. The van der Waals surface area contributed by atoms with E-state index in [1.54, 1.807) is 29.8 Å². The molecule has 3 aromatic rings. The minimum absolute atomic E-state index is 0.0495. The number of nitrogens with two attached hydrogens (primary N) is 1. The molecule has 3 N–H and O–H groups in total. The van der Waals surface area contributed by atoms with Gasteiger partial charge in [-0.25, -0.2) is 22.1 Å². The molecule has 0 bridgehead atoms. The van der Waals surface area contributed by atoms with Gasteiger partial charge in [-0.2, -0.15) is 0 Å². The number of aromatic nitrogens is 3. The molecular weight excluding hydrogens is 421 g/mol. The monoisotopic (exact) mass is 447 g/mol. The van der Waals surface area contributed by atoms with Crippen molar-refractivity contribution in [2.24, 2.45) is 5.73 Å². The van der Waals surface area contributed by atoms with Crippen LogP contribution >= 0.6 is 0 Å². The number of halogens is 1. The highest BCUT2D eigenvalue weighted by molar-refractivity contribution is 7.89. The minimum atomic E-state index is -3.63. The molecule has 8 nitrogen and oxygen atoms in total. The van der Waals surface area contributed by atoms with Gasteiger partial charge in [-0.3, -0.25) is 4.98 Å². The Morgan fingerprint density at radius 1 is 1.32 bits per heavy atom. The number of sulfonamides is 1. The SMILES string of the molecule is CC(O)c1c(Cc2ccc(S(=O)(=O)N(C)C)nc2)c2ncccc2n1C/C(F)=C/CN. The fraction of sp³-hybridized carbons (Fsp3) is 0.333. The van der Waals surface area contributed by atoms with E-state index in [2.05, 4.69) is 9.97 Å². The van der Waals surface area contributed by atoms with Crippen LogP contribution in [0, 0.1) is 0 Å². The molecule has 3 aromatic heterocycles. The first-order valence-corrected chi connectivity index (χ1v) is 11.2. The lowest BCUT2D eigenvalue weighted by Crippen LogP contribution is -2.23. The number of hydrogen-bond donors (Lipinski definition) is 2. The van der Waals surface area contributed by atoms with Crippen LogP contribution < -0.4 is 5.73 Å². The van der Waals surface area contributed by atoms with Crippen LogP contribution in [0.5, 0.6) is 0 Å². The van der Waals surface area contributed by atoms with Gasteiger partial charge in [-0.15, -0.1) is 0 Å². The van der Waals surface area contributed by atoms with Crippen molar-refractivity contribution in [3.63, 3.8) is 0 Å². The molecule has 1 atom stereocenters. The van der Waals surface area contributed by atoms with Gasteiger partial charge in [0.2, 0.25) is 0 Å². The van der Waals surface area contributed by atoms with Gasteiger partial charge in [0.05, 0.1) is 29.4 Å². The Morgan fingerprint density at radius 3 is 2.65 bits per heavy atom. The molecule has 10 heteroatoms. The Labute approximate surface area is 180 Å². The van der Waals surface area contributed by atoms with Gasteiger partial charge in [0.15, 0.2) is 5.03 Å². The van der Waals surface area contributed by atoms with Gasteiger partial charge in [0.1, 0.15) is 5.83 Å². The van der Waals surface area contributed by atoms with Crippen LogP contribution in [0.3, 0.4) is 0 Å². The van der Waals surface area contributed by atoms with Gasteiger partial charge in [-0.1, -0.05) is 6.07 Å². The molecule has 0 saturated heterocycles. The van der Waals surface area contributed by atoms with E-state index in [0.717, 1.165) is 15.4 Å². The number of allylic oxidation sites excluding steroid dienone is 1. The standard InChI is InChI=1S/C21H26FN5O3S/c1-14(28)21-17(11-15-6-7-19(25-12-15)31(29,30)26(2)3)20-18(5-4-10-24-20)27(21)13-16(22)8-9-23/h4-8,10,12,14,28H,9,11,13,23H2,1-3H3/b16-8-. The lowest BCUT2D eigenvalue weighted by atomic mass is 10.0. The lowest BCUT2D eigenvalue weighted by molar-refractivity contribution is 0.189. The van der Waals surface area contributed by atoms with E-state index in [4.69, 9.17) is 5.73 Å². The molecule has 1 unspecified atom stereocenters. The summed E-state index contributed by atoms with van der Waals surface area (Å²) in [6.45, 7) is 1.62.